The lowest BCUT2D eigenvalue weighted by Crippen LogP contribution is -2.42. The van der Waals surface area contributed by atoms with E-state index in [1.54, 1.807) is 29.2 Å². The summed E-state index contributed by atoms with van der Waals surface area (Å²) in [7, 11) is 0. The Bertz CT molecular complexity index is 909. The van der Waals surface area contributed by atoms with Crippen LogP contribution in [0.25, 0.3) is 0 Å². The molecule has 0 spiro atoms. The zero-order valence-corrected chi connectivity index (χ0v) is 19.2. The quantitative estimate of drug-likeness (QED) is 0.397. The molecule has 1 N–H and O–H groups in total. The first-order valence-electron chi connectivity index (χ1n) is 10.4. The van der Waals surface area contributed by atoms with E-state index in [1.165, 1.54) is 6.20 Å². The third-order valence-electron chi connectivity index (χ3n) is 5.02. The Labute approximate surface area is 185 Å². The SMILES string of the molecule is CCOC(=O)CO/N=C(/C(=O)N1CCC(c2nc(C(C)(C)C)cs2)CC1)c1ccn[nH]1. The summed E-state index contributed by atoms with van der Waals surface area (Å²) in [5.41, 5.74) is 1.67. The Hall–Kier alpha value is -2.75. The van der Waals surface area contributed by atoms with Gasteiger partial charge >= 0.3 is 5.97 Å². The molecule has 1 fully saturated rings. The number of aromatic amines is 1. The highest BCUT2D eigenvalue weighted by atomic mass is 32.1. The number of amides is 1. The molecule has 2 aromatic rings. The van der Waals surface area contributed by atoms with Crippen LogP contribution in [0, 0.1) is 0 Å². The van der Waals surface area contributed by atoms with Crippen molar-refractivity contribution in [2.24, 2.45) is 5.16 Å². The molecule has 2 aromatic heterocycles. The number of piperidine rings is 1. The molecule has 1 aliphatic rings. The fourth-order valence-corrected chi connectivity index (χ4v) is 4.46. The minimum absolute atomic E-state index is 0.0322. The highest BCUT2D eigenvalue weighted by molar-refractivity contribution is 7.09. The van der Waals surface area contributed by atoms with Gasteiger partial charge < -0.3 is 14.5 Å². The number of carbonyl (C=O) groups is 2. The van der Waals surface area contributed by atoms with E-state index in [2.05, 4.69) is 41.5 Å². The Balaban J connectivity index is 1.64. The summed E-state index contributed by atoms with van der Waals surface area (Å²) in [4.78, 5) is 36.3. The third-order valence-corrected chi connectivity index (χ3v) is 6.03. The van der Waals surface area contributed by atoms with Crippen LogP contribution in [0.1, 0.15) is 62.8 Å². The fraction of sp³-hybridized carbons (Fsp3) is 0.571. The van der Waals surface area contributed by atoms with Crippen LogP contribution in [-0.4, -0.2) is 64.0 Å². The van der Waals surface area contributed by atoms with Gasteiger partial charge in [0.1, 0.15) is 0 Å². The van der Waals surface area contributed by atoms with Crippen LogP contribution in [0.3, 0.4) is 0 Å². The van der Waals surface area contributed by atoms with Gasteiger partial charge in [0.05, 0.1) is 23.0 Å². The Morgan fingerprint density at radius 3 is 2.65 bits per heavy atom. The fourth-order valence-electron chi connectivity index (χ4n) is 3.24. The Morgan fingerprint density at radius 2 is 2.06 bits per heavy atom. The second kappa shape index (κ2) is 10.0. The molecule has 1 saturated heterocycles. The van der Waals surface area contributed by atoms with Gasteiger partial charge in [0.15, 0.2) is 5.71 Å². The van der Waals surface area contributed by atoms with Crippen LogP contribution in [-0.2, 0) is 24.6 Å². The maximum Gasteiger partial charge on any atom is 0.347 e. The van der Waals surface area contributed by atoms with E-state index < -0.39 is 5.97 Å². The van der Waals surface area contributed by atoms with Crippen molar-refractivity contribution in [1.82, 2.24) is 20.1 Å². The molecule has 1 amide bonds. The predicted octanol–water partition coefficient (Wildman–Crippen LogP) is 2.85. The highest BCUT2D eigenvalue weighted by Gasteiger charge is 2.30. The average molecular weight is 448 g/mol. The van der Waals surface area contributed by atoms with Crippen molar-refractivity contribution >= 4 is 28.9 Å². The van der Waals surface area contributed by atoms with E-state index in [4.69, 9.17) is 14.6 Å². The number of hydrogen-bond acceptors (Lipinski definition) is 8. The summed E-state index contributed by atoms with van der Waals surface area (Å²) < 4.78 is 4.81. The average Bonchev–Trinajstić information content (AvgIpc) is 3.43. The normalized spacial score (nSPS) is 15.7. The Morgan fingerprint density at radius 1 is 1.32 bits per heavy atom. The number of nitrogens with one attached hydrogen (secondary N) is 1. The van der Waals surface area contributed by atoms with Gasteiger partial charge in [0.2, 0.25) is 6.61 Å². The second-order valence-electron chi connectivity index (χ2n) is 8.38. The molecule has 3 heterocycles. The molecule has 168 valence electrons. The van der Waals surface area contributed by atoms with Crippen molar-refractivity contribution in [3.05, 3.63) is 34.0 Å². The van der Waals surface area contributed by atoms with E-state index in [0.29, 0.717) is 24.7 Å². The van der Waals surface area contributed by atoms with Crippen molar-refractivity contribution in [3.63, 3.8) is 0 Å². The van der Waals surface area contributed by atoms with Crippen molar-refractivity contribution in [3.8, 4) is 0 Å². The van der Waals surface area contributed by atoms with Crippen LogP contribution < -0.4 is 0 Å². The number of thiazole rings is 1. The summed E-state index contributed by atoms with van der Waals surface area (Å²) in [6.45, 7) is 9.27. The number of H-pyrrole nitrogens is 1. The first-order valence-corrected chi connectivity index (χ1v) is 11.3. The second-order valence-corrected chi connectivity index (χ2v) is 9.27. The van der Waals surface area contributed by atoms with Crippen molar-refractivity contribution in [1.29, 1.82) is 0 Å². The van der Waals surface area contributed by atoms with Crippen molar-refractivity contribution in [2.75, 3.05) is 26.3 Å². The molecule has 0 aromatic carbocycles. The minimum atomic E-state index is -0.540. The molecule has 1 aliphatic heterocycles. The number of hydrogen-bond donors (Lipinski definition) is 1. The molecule has 0 unspecified atom stereocenters. The highest BCUT2D eigenvalue weighted by Crippen LogP contribution is 2.33. The van der Waals surface area contributed by atoms with Gasteiger partial charge in [-0.2, -0.15) is 5.10 Å². The largest absolute Gasteiger partial charge is 0.463 e. The number of oxime groups is 1. The van der Waals surface area contributed by atoms with E-state index in [-0.39, 0.29) is 30.2 Å². The maximum atomic E-state index is 13.1. The molecule has 0 radical (unpaired) electrons. The number of carbonyl (C=O) groups excluding carboxylic acids is 2. The van der Waals surface area contributed by atoms with Gasteiger partial charge in [0.25, 0.3) is 5.91 Å². The molecular formula is C21H29N5O4S. The molecule has 0 atom stereocenters. The molecule has 3 rings (SSSR count). The lowest BCUT2D eigenvalue weighted by atomic mass is 9.93. The van der Waals surface area contributed by atoms with Crippen molar-refractivity contribution < 1.29 is 19.2 Å². The van der Waals surface area contributed by atoms with E-state index in [1.807, 2.05) is 0 Å². The number of ether oxygens (including phenoxy) is 1. The Kier molecular flexibility index (Phi) is 7.42. The van der Waals surface area contributed by atoms with E-state index in [9.17, 15) is 9.59 Å². The summed E-state index contributed by atoms with van der Waals surface area (Å²) in [6, 6.07) is 1.64. The number of likely N-dealkylation sites (tertiary alicyclic amines) is 1. The third kappa shape index (κ3) is 5.90. The molecule has 0 saturated carbocycles. The van der Waals surface area contributed by atoms with Gasteiger partial charge in [-0.3, -0.25) is 9.89 Å². The van der Waals surface area contributed by atoms with E-state index >= 15 is 0 Å². The summed E-state index contributed by atoms with van der Waals surface area (Å²) in [6.07, 6.45) is 3.20. The smallest absolute Gasteiger partial charge is 0.347 e. The van der Waals surface area contributed by atoms with E-state index in [0.717, 1.165) is 23.5 Å². The summed E-state index contributed by atoms with van der Waals surface area (Å²) in [5.74, 6) is -0.458. The minimum Gasteiger partial charge on any atom is -0.463 e. The number of rotatable bonds is 7. The van der Waals surface area contributed by atoms with Crippen LogP contribution in [0.5, 0.6) is 0 Å². The lowest BCUT2D eigenvalue weighted by molar-refractivity contribution is -0.148. The molecular weight excluding hydrogens is 418 g/mol. The predicted molar refractivity (Wildman–Crippen MR) is 117 cm³/mol. The molecule has 0 aliphatic carbocycles. The zero-order valence-electron chi connectivity index (χ0n) is 18.4. The molecule has 10 heteroatoms. The van der Waals surface area contributed by atoms with Gasteiger partial charge in [-0.25, -0.2) is 9.78 Å². The number of nitrogens with zero attached hydrogens (tertiary/aromatic N) is 4. The van der Waals surface area contributed by atoms with Crippen LogP contribution in [0.4, 0.5) is 0 Å². The lowest BCUT2D eigenvalue weighted by Gasteiger charge is -2.31. The van der Waals surface area contributed by atoms with Gasteiger partial charge in [-0.15, -0.1) is 11.3 Å². The van der Waals surface area contributed by atoms with Gasteiger partial charge in [-0.05, 0) is 25.8 Å². The first kappa shape index (κ1) is 22.9. The van der Waals surface area contributed by atoms with Crippen LogP contribution >= 0.6 is 11.3 Å². The summed E-state index contributed by atoms with van der Waals surface area (Å²) >= 11 is 1.70. The monoisotopic (exact) mass is 447 g/mol. The van der Waals surface area contributed by atoms with Crippen LogP contribution in [0.15, 0.2) is 22.8 Å². The molecule has 9 nitrogen and oxygen atoms in total. The standard InChI is InChI=1S/C21H29N5O4S/c1-5-29-17(27)12-30-25-18(15-6-9-22-24-15)20(28)26-10-7-14(8-11-26)19-23-16(13-31-19)21(2,3)4/h6,9,13-14H,5,7-8,10-12H2,1-4H3,(H,22,24)/b25-18+. The number of esters is 1. The maximum absolute atomic E-state index is 13.1. The molecule has 0 bridgehead atoms. The van der Waals surface area contributed by atoms with Crippen LogP contribution in [0.2, 0.25) is 0 Å². The molecule has 31 heavy (non-hydrogen) atoms. The topological polar surface area (TPSA) is 110 Å². The summed E-state index contributed by atoms with van der Waals surface area (Å²) in [5, 5.41) is 13.8. The van der Waals surface area contributed by atoms with Gasteiger partial charge in [-0.1, -0.05) is 25.9 Å². The first-order chi connectivity index (χ1) is 14.8. The zero-order chi connectivity index (χ0) is 22.4. The van der Waals surface area contributed by atoms with Crippen molar-refractivity contribution in [2.45, 2.75) is 51.9 Å². The number of aromatic nitrogens is 3. The van der Waals surface area contributed by atoms with Gasteiger partial charge in [0, 0.05) is 36.0 Å².